The minimum absolute atomic E-state index is 0.0843. The average Bonchev–Trinajstić information content (AvgIpc) is 3.07. The molecule has 0 radical (unpaired) electrons. The first kappa shape index (κ1) is 19.5. The van der Waals surface area contributed by atoms with Crippen molar-refractivity contribution in [1.82, 2.24) is 9.80 Å². The van der Waals surface area contributed by atoms with Crippen LogP contribution in [0.5, 0.6) is 5.75 Å². The van der Waals surface area contributed by atoms with Crippen LogP contribution in [0.15, 0.2) is 54.7 Å². The van der Waals surface area contributed by atoms with E-state index in [-0.39, 0.29) is 5.91 Å². The summed E-state index contributed by atoms with van der Waals surface area (Å²) >= 11 is 0. The lowest BCUT2D eigenvalue weighted by atomic mass is 10.1. The van der Waals surface area contributed by atoms with Crippen molar-refractivity contribution in [1.29, 1.82) is 0 Å². The number of likely N-dealkylation sites (N-methyl/N-ethyl adjacent to an activating group) is 1. The van der Waals surface area contributed by atoms with Crippen molar-refractivity contribution in [3.63, 3.8) is 0 Å². The van der Waals surface area contributed by atoms with E-state index < -0.39 is 0 Å². The lowest BCUT2D eigenvalue weighted by molar-refractivity contribution is -0.110. The number of anilines is 2. The zero-order valence-corrected chi connectivity index (χ0v) is 16.9. The summed E-state index contributed by atoms with van der Waals surface area (Å²) < 4.78 is 5.87. The average molecular weight is 393 g/mol. The van der Waals surface area contributed by atoms with Gasteiger partial charge >= 0.3 is 0 Å². The number of hydrogen-bond acceptors (Lipinski definition) is 5. The Kier molecular flexibility index (Phi) is 6.12. The first-order chi connectivity index (χ1) is 14.2. The second kappa shape index (κ2) is 9.11. The molecular weight excluding hydrogens is 364 g/mol. The fraction of sp³-hybridized carbons (Fsp3) is 0.348. The molecule has 1 amide bonds. The molecule has 2 aromatic carbocycles. The zero-order chi connectivity index (χ0) is 20.1. The van der Waals surface area contributed by atoms with Crippen molar-refractivity contribution in [3.8, 4) is 5.75 Å². The summed E-state index contributed by atoms with van der Waals surface area (Å²) in [7, 11) is 2.18. The Balaban J connectivity index is 1.24. The maximum atomic E-state index is 12.1. The highest BCUT2D eigenvalue weighted by Crippen LogP contribution is 2.31. The fourth-order valence-electron chi connectivity index (χ4n) is 3.63. The highest BCUT2D eigenvalue weighted by molar-refractivity contribution is 6.31. The number of ether oxygens (including phenoxy) is 1. The van der Waals surface area contributed by atoms with Crippen molar-refractivity contribution in [2.45, 2.75) is 6.42 Å². The topological polar surface area (TPSA) is 56.8 Å². The van der Waals surface area contributed by atoms with Crippen LogP contribution in [-0.4, -0.2) is 62.1 Å². The summed E-state index contributed by atoms with van der Waals surface area (Å²) in [5.41, 5.74) is 3.33. The molecule has 2 N–H and O–H groups in total. The van der Waals surface area contributed by atoms with Gasteiger partial charge in [0.2, 0.25) is 0 Å². The molecule has 2 aliphatic heterocycles. The van der Waals surface area contributed by atoms with Crippen LogP contribution < -0.4 is 15.4 Å². The number of benzene rings is 2. The van der Waals surface area contributed by atoms with Crippen LogP contribution >= 0.6 is 0 Å². The predicted molar refractivity (Wildman–Crippen MR) is 117 cm³/mol. The smallest absolute Gasteiger partial charge is 0.257 e. The van der Waals surface area contributed by atoms with E-state index in [1.165, 1.54) is 0 Å². The molecule has 152 valence electrons. The molecule has 4 rings (SSSR count). The van der Waals surface area contributed by atoms with E-state index in [0.717, 1.165) is 68.4 Å². The minimum Gasteiger partial charge on any atom is -0.494 e. The number of amides is 1. The predicted octanol–water partition coefficient (Wildman–Crippen LogP) is 3.11. The Hall–Kier alpha value is -2.83. The molecule has 0 aliphatic carbocycles. The molecule has 0 bridgehead atoms. The maximum absolute atomic E-state index is 12.1. The van der Waals surface area contributed by atoms with Crippen molar-refractivity contribution in [3.05, 3.63) is 60.3 Å². The monoisotopic (exact) mass is 392 g/mol. The normalized spacial score (nSPS) is 18.5. The highest BCUT2D eigenvalue weighted by Gasteiger charge is 2.23. The van der Waals surface area contributed by atoms with Gasteiger partial charge in [-0.25, -0.2) is 0 Å². The Morgan fingerprint density at radius 2 is 1.83 bits per heavy atom. The van der Waals surface area contributed by atoms with E-state index in [4.69, 9.17) is 4.74 Å². The number of hydrogen-bond donors (Lipinski definition) is 2. The van der Waals surface area contributed by atoms with Gasteiger partial charge in [0.05, 0.1) is 12.2 Å². The molecule has 6 nitrogen and oxygen atoms in total. The Bertz CT molecular complexity index is 871. The van der Waals surface area contributed by atoms with Gasteiger partial charge in [0.15, 0.2) is 0 Å². The van der Waals surface area contributed by atoms with Crippen molar-refractivity contribution < 1.29 is 9.53 Å². The van der Waals surface area contributed by atoms with Crippen LogP contribution in [0.4, 0.5) is 11.4 Å². The van der Waals surface area contributed by atoms with E-state index in [2.05, 4.69) is 27.5 Å². The quantitative estimate of drug-likeness (QED) is 0.560. The number of para-hydroxylation sites is 1. The summed E-state index contributed by atoms with van der Waals surface area (Å²) in [4.78, 5) is 17.0. The molecule has 2 aromatic rings. The van der Waals surface area contributed by atoms with Gasteiger partial charge in [-0.2, -0.15) is 0 Å². The molecule has 0 atom stereocenters. The Morgan fingerprint density at radius 3 is 2.62 bits per heavy atom. The lowest BCUT2D eigenvalue weighted by Crippen LogP contribution is -2.44. The number of carbonyl (C=O) groups is 1. The molecule has 0 spiro atoms. The standard InChI is InChI=1S/C23H28N4O2/c1-26-12-14-27(15-13-26)11-4-16-29-19-9-7-18(8-10-19)24-17-21-20-5-2-3-6-22(20)25-23(21)28/h2-3,5-10,17,24H,4,11-16H2,1H3,(H,25,28)/b21-17+. The summed E-state index contributed by atoms with van der Waals surface area (Å²) in [6.45, 7) is 6.41. The second-order valence-electron chi connectivity index (χ2n) is 7.57. The number of nitrogens with one attached hydrogen (secondary N) is 2. The van der Waals surface area contributed by atoms with Gasteiger partial charge in [0, 0.05) is 55.9 Å². The van der Waals surface area contributed by atoms with E-state index in [1.54, 1.807) is 6.20 Å². The maximum Gasteiger partial charge on any atom is 0.257 e. The SMILES string of the molecule is CN1CCN(CCCOc2ccc(N/C=C3/C(=O)Nc4ccccc43)cc2)CC1. The third kappa shape index (κ3) is 4.96. The summed E-state index contributed by atoms with van der Waals surface area (Å²) in [5, 5.41) is 6.08. The van der Waals surface area contributed by atoms with Gasteiger partial charge in [-0.05, 0) is 43.8 Å². The van der Waals surface area contributed by atoms with E-state index in [9.17, 15) is 4.79 Å². The van der Waals surface area contributed by atoms with Crippen LogP contribution in [0, 0.1) is 0 Å². The van der Waals surface area contributed by atoms with Crippen LogP contribution in [0.1, 0.15) is 12.0 Å². The Labute approximate surface area is 172 Å². The van der Waals surface area contributed by atoms with Gasteiger partial charge < -0.3 is 25.2 Å². The molecule has 0 unspecified atom stereocenters. The van der Waals surface area contributed by atoms with Crippen LogP contribution in [0.2, 0.25) is 0 Å². The second-order valence-corrected chi connectivity index (χ2v) is 7.57. The van der Waals surface area contributed by atoms with Gasteiger partial charge in [-0.3, -0.25) is 4.79 Å². The van der Waals surface area contributed by atoms with Gasteiger partial charge in [-0.15, -0.1) is 0 Å². The van der Waals surface area contributed by atoms with E-state index >= 15 is 0 Å². The summed E-state index contributed by atoms with van der Waals surface area (Å²) in [5.74, 6) is 0.782. The van der Waals surface area contributed by atoms with E-state index in [1.807, 2.05) is 48.5 Å². The third-order valence-corrected chi connectivity index (χ3v) is 5.43. The van der Waals surface area contributed by atoms with Crippen LogP contribution in [0.3, 0.4) is 0 Å². The number of nitrogens with zero attached hydrogens (tertiary/aromatic N) is 2. The third-order valence-electron chi connectivity index (χ3n) is 5.43. The lowest BCUT2D eigenvalue weighted by Gasteiger charge is -2.32. The Morgan fingerprint density at radius 1 is 1.07 bits per heavy atom. The largest absolute Gasteiger partial charge is 0.494 e. The summed E-state index contributed by atoms with van der Waals surface area (Å²) in [6.07, 6.45) is 2.79. The highest BCUT2D eigenvalue weighted by atomic mass is 16.5. The number of carbonyl (C=O) groups excluding carboxylic acids is 1. The summed E-state index contributed by atoms with van der Waals surface area (Å²) in [6, 6.07) is 15.5. The molecule has 29 heavy (non-hydrogen) atoms. The van der Waals surface area contributed by atoms with Crippen molar-refractivity contribution in [2.75, 3.05) is 57.0 Å². The first-order valence-electron chi connectivity index (χ1n) is 10.2. The minimum atomic E-state index is -0.0843. The van der Waals surface area contributed by atoms with Gasteiger partial charge in [-0.1, -0.05) is 18.2 Å². The van der Waals surface area contributed by atoms with Crippen LogP contribution in [0.25, 0.3) is 5.57 Å². The molecule has 2 aliphatic rings. The number of piperazine rings is 1. The first-order valence-corrected chi connectivity index (χ1v) is 10.2. The van der Waals surface area contributed by atoms with Gasteiger partial charge in [0.25, 0.3) is 5.91 Å². The van der Waals surface area contributed by atoms with Gasteiger partial charge in [0.1, 0.15) is 5.75 Å². The fourth-order valence-corrected chi connectivity index (χ4v) is 3.63. The number of rotatable bonds is 7. The zero-order valence-electron chi connectivity index (χ0n) is 16.9. The van der Waals surface area contributed by atoms with Crippen LogP contribution in [-0.2, 0) is 4.79 Å². The van der Waals surface area contributed by atoms with Crippen molar-refractivity contribution in [2.24, 2.45) is 0 Å². The molecule has 2 heterocycles. The molecule has 0 aromatic heterocycles. The molecule has 0 saturated carbocycles. The van der Waals surface area contributed by atoms with Crippen molar-refractivity contribution >= 4 is 22.9 Å². The molecule has 1 fully saturated rings. The molecule has 1 saturated heterocycles. The molecular formula is C23H28N4O2. The van der Waals surface area contributed by atoms with E-state index in [0.29, 0.717) is 5.57 Å². The number of fused-ring (bicyclic) bond motifs is 1. The molecule has 6 heteroatoms.